The van der Waals surface area contributed by atoms with Crippen molar-refractivity contribution in [2.24, 2.45) is 5.92 Å². The van der Waals surface area contributed by atoms with Gasteiger partial charge in [0.2, 0.25) is 0 Å². The second kappa shape index (κ2) is 9.06. The van der Waals surface area contributed by atoms with Gasteiger partial charge in [-0.2, -0.15) is 0 Å². The molecule has 0 unspecified atom stereocenters. The first kappa shape index (κ1) is 21.3. The van der Waals surface area contributed by atoms with Gasteiger partial charge in [-0.1, -0.05) is 6.92 Å². The molecule has 0 amide bonds. The number of piperidine rings is 1. The molecule has 0 aliphatic carbocycles. The van der Waals surface area contributed by atoms with Gasteiger partial charge in [-0.15, -0.1) is 0 Å². The second-order valence-electron chi connectivity index (χ2n) is 9.20. The number of likely N-dealkylation sites (tertiary alicyclic amines) is 2. The fourth-order valence-corrected chi connectivity index (χ4v) is 4.58. The molecule has 30 heavy (non-hydrogen) atoms. The Morgan fingerprint density at radius 1 is 1.10 bits per heavy atom. The molecule has 2 aliphatic heterocycles. The monoisotopic (exact) mass is 412 g/mol. The minimum Gasteiger partial charge on any atom is -0.493 e. The Hall–Kier alpha value is -1.92. The number of nitrogens with zero attached hydrogens (tertiary/aromatic N) is 4. The predicted molar refractivity (Wildman–Crippen MR) is 121 cm³/mol. The quantitative estimate of drug-likeness (QED) is 0.691. The SMILES string of the molecule is CCc1nc(C2CCN(C)CC2)c2cc(OC)c(OCC3CN(C(C)C)C3)cc2n1. The second-order valence-corrected chi connectivity index (χ2v) is 9.20. The van der Waals surface area contributed by atoms with Crippen LogP contribution in [0.2, 0.25) is 0 Å². The number of benzene rings is 1. The lowest BCUT2D eigenvalue weighted by atomic mass is 9.91. The van der Waals surface area contributed by atoms with Crippen LogP contribution in [0.5, 0.6) is 11.5 Å². The fraction of sp³-hybridized carbons (Fsp3) is 0.667. The zero-order valence-electron chi connectivity index (χ0n) is 19.1. The van der Waals surface area contributed by atoms with Gasteiger partial charge in [-0.05, 0) is 52.9 Å². The summed E-state index contributed by atoms with van der Waals surface area (Å²) in [5.41, 5.74) is 2.16. The highest BCUT2D eigenvalue weighted by Gasteiger charge is 2.29. The molecule has 0 saturated carbocycles. The molecular formula is C24H36N4O2. The van der Waals surface area contributed by atoms with Crippen molar-refractivity contribution in [3.8, 4) is 11.5 Å². The van der Waals surface area contributed by atoms with Crippen LogP contribution in [-0.4, -0.2) is 72.8 Å². The van der Waals surface area contributed by atoms with Gasteiger partial charge in [0.25, 0.3) is 0 Å². The van der Waals surface area contributed by atoms with E-state index in [2.05, 4.69) is 49.8 Å². The van der Waals surface area contributed by atoms with Gasteiger partial charge < -0.3 is 19.3 Å². The Morgan fingerprint density at radius 2 is 1.83 bits per heavy atom. The van der Waals surface area contributed by atoms with Gasteiger partial charge in [0.15, 0.2) is 11.5 Å². The van der Waals surface area contributed by atoms with Crippen molar-refractivity contribution in [3.05, 3.63) is 23.7 Å². The predicted octanol–water partition coefficient (Wildman–Crippen LogP) is 3.73. The fourth-order valence-electron chi connectivity index (χ4n) is 4.58. The number of aryl methyl sites for hydroxylation is 1. The molecule has 1 aromatic carbocycles. The lowest BCUT2D eigenvalue weighted by Gasteiger charge is -2.41. The first-order valence-electron chi connectivity index (χ1n) is 11.4. The maximum Gasteiger partial charge on any atom is 0.163 e. The molecular weight excluding hydrogens is 376 g/mol. The van der Waals surface area contributed by atoms with E-state index in [0.717, 1.165) is 80.3 Å². The van der Waals surface area contributed by atoms with E-state index in [1.807, 2.05) is 0 Å². The smallest absolute Gasteiger partial charge is 0.163 e. The van der Waals surface area contributed by atoms with Crippen molar-refractivity contribution in [2.75, 3.05) is 46.9 Å². The molecule has 2 aromatic rings. The third-order valence-electron chi connectivity index (χ3n) is 6.67. The summed E-state index contributed by atoms with van der Waals surface area (Å²) in [7, 11) is 3.91. The first-order valence-corrected chi connectivity index (χ1v) is 11.4. The Kier molecular flexibility index (Phi) is 6.44. The number of aromatic nitrogens is 2. The lowest BCUT2D eigenvalue weighted by Crippen LogP contribution is -2.52. The highest BCUT2D eigenvalue weighted by atomic mass is 16.5. The van der Waals surface area contributed by atoms with Crippen molar-refractivity contribution in [3.63, 3.8) is 0 Å². The summed E-state index contributed by atoms with van der Waals surface area (Å²) in [5, 5.41) is 1.11. The highest BCUT2D eigenvalue weighted by Crippen LogP contribution is 2.37. The van der Waals surface area contributed by atoms with E-state index in [4.69, 9.17) is 19.4 Å². The van der Waals surface area contributed by atoms with Crippen molar-refractivity contribution >= 4 is 10.9 Å². The third-order valence-corrected chi connectivity index (χ3v) is 6.67. The summed E-state index contributed by atoms with van der Waals surface area (Å²) in [6, 6.07) is 4.77. The van der Waals surface area contributed by atoms with Crippen LogP contribution in [0.4, 0.5) is 0 Å². The number of ether oxygens (including phenoxy) is 2. The van der Waals surface area contributed by atoms with Crippen LogP contribution in [0, 0.1) is 5.92 Å². The zero-order chi connectivity index (χ0) is 21.3. The molecule has 0 radical (unpaired) electrons. The molecule has 0 N–H and O–H groups in total. The van der Waals surface area contributed by atoms with Crippen LogP contribution in [0.25, 0.3) is 10.9 Å². The largest absolute Gasteiger partial charge is 0.493 e. The summed E-state index contributed by atoms with van der Waals surface area (Å²) in [6.45, 7) is 11.8. The molecule has 2 fully saturated rings. The van der Waals surface area contributed by atoms with Crippen molar-refractivity contribution in [2.45, 2.75) is 52.0 Å². The lowest BCUT2D eigenvalue weighted by molar-refractivity contribution is 0.0369. The summed E-state index contributed by atoms with van der Waals surface area (Å²) < 4.78 is 11.9. The van der Waals surface area contributed by atoms with Crippen molar-refractivity contribution < 1.29 is 9.47 Å². The Balaban J connectivity index is 1.60. The topological polar surface area (TPSA) is 50.7 Å². The Bertz CT molecular complexity index is 871. The van der Waals surface area contributed by atoms with Crippen LogP contribution >= 0.6 is 0 Å². The maximum absolute atomic E-state index is 6.22. The van der Waals surface area contributed by atoms with Gasteiger partial charge in [0, 0.05) is 48.8 Å². The number of hydrogen-bond donors (Lipinski definition) is 0. The summed E-state index contributed by atoms with van der Waals surface area (Å²) in [4.78, 5) is 14.7. The van der Waals surface area contributed by atoms with Crippen molar-refractivity contribution in [1.82, 2.24) is 19.8 Å². The van der Waals surface area contributed by atoms with Crippen LogP contribution in [0.3, 0.4) is 0 Å². The molecule has 2 saturated heterocycles. The van der Waals surface area contributed by atoms with Crippen LogP contribution in [-0.2, 0) is 6.42 Å². The molecule has 2 aliphatic rings. The van der Waals surface area contributed by atoms with Crippen LogP contribution < -0.4 is 9.47 Å². The number of fused-ring (bicyclic) bond motifs is 1. The highest BCUT2D eigenvalue weighted by molar-refractivity contribution is 5.85. The van der Waals surface area contributed by atoms with Gasteiger partial charge in [-0.25, -0.2) is 9.97 Å². The molecule has 0 spiro atoms. The molecule has 6 heteroatoms. The molecule has 1 aromatic heterocycles. The van der Waals surface area contributed by atoms with Gasteiger partial charge in [0.1, 0.15) is 5.82 Å². The van der Waals surface area contributed by atoms with E-state index in [1.165, 1.54) is 5.69 Å². The number of methoxy groups -OCH3 is 1. The average molecular weight is 413 g/mol. The molecule has 6 nitrogen and oxygen atoms in total. The summed E-state index contributed by atoms with van der Waals surface area (Å²) in [5.74, 6) is 3.55. The molecule has 4 rings (SSSR count). The van der Waals surface area contributed by atoms with E-state index < -0.39 is 0 Å². The van der Waals surface area contributed by atoms with Gasteiger partial charge in [0.05, 0.1) is 24.9 Å². The third kappa shape index (κ3) is 4.40. The van der Waals surface area contributed by atoms with Crippen LogP contribution in [0.15, 0.2) is 12.1 Å². The van der Waals surface area contributed by atoms with Crippen molar-refractivity contribution in [1.29, 1.82) is 0 Å². The van der Waals surface area contributed by atoms with E-state index in [9.17, 15) is 0 Å². The summed E-state index contributed by atoms with van der Waals surface area (Å²) in [6.07, 6.45) is 3.12. The van der Waals surface area contributed by atoms with Gasteiger partial charge in [-0.3, -0.25) is 0 Å². The van der Waals surface area contributed by atoms with E-state index in [1.54, 1.807) is 7.11 Å². The van der Waals surface area contributed by atoms with E-state index in [-0.39, 0.29) is 0 Å². The molecule has 0 atom stereocenters. The van der Waals surface area contributed by atoms with Crippen LogP contribution in [0.1, 0.15) is 51.0 Å². The minimum absolute atomic E-state index is 0.477. The minimum atomic E-state index is 0.477. The number of rotatable bonds is 7. The summed E-state index contributed by atoms with van der Waals surface area (Å²) >= 11 is 0. The Morgan fingerprint density at radius 3 is 2.47 bits per heavy atom. The molecule has 164 valence electrons. The standard InChI is InChI=1S/C24H36N4O2/c1-6-23-25-20-12-22(30-15-17-13-28(14-17)16(2)3)21(29-5)11-19(20)24(26-23)18-7-9-27(4)10-8-18/h11-12,16-18H,6-10,13-15H2,1-5H3. The zero-order valence-corrected chi connectivity index (χ0v) is 19.1. The average Bonchev–Trinajstić information content (AvgIpc) is 2.71. The molecule has 0 bridgehead atoms. The molecule has 3 heterocycles. The first-order chi connectivity index (χ1) is 14.5. The maximum atomic E-state index is 6.22. The van der Waals surface area contributed by atoms with E-state index in [0.29, 0.717) is 17.9 Å². The number of hydrogen-bond acceptors (Lipinski definition) is 6. The van der Waals surface area contributed by atoms with Gasteiger partial charge >= 0.3 is 0 Å². The Labute approximate surface area is 180 Å². The normalized spacial score (nSPS) is 19.4. The van der Waals surface area contributed by atoms with E-state index >= 15 is 0 Å².